The first-order chi connectivity index (χ1) is 17.7. The molecule has 1 aliphatic carbocycles. The topological polar surface area (TPSA) is 60.4 Å². The molecule has 2 fully saturated rings. The van der Waals surface area contributed by atoms with Crippen molar-refractivity contribution < 1.29 is 14.6 Å². The van der Waals surface area contributed by atoms with Crippen molar-refractivity contribution in [2.24, 2.45) is 10.9 Å². The molecule has 6 heteroatoms. The smallest absolute Gasteiger partial charge is 0.161 e. The molecule has 0 bridgehead atoms. The number of likely N-dealkylation sites (tertiary alicyclic amines) is 1. The lowest BCUT2D eigenvalue weighted by atomic mass is 9.91. The molecule has 0 spiro atoms. The van der Waals surface area contributed by atoms with Crippen molar-refractivity contribution in [1.82, 2.24) is 4.90 Å². The molecule has 2 aromatic rings. The summed E-state index contributed by atoms with van der Waals surface area (Å²) >= 11 is 0. The fourth-order valence-electron chi connectivity index (χ4n) is 6.30. The predicted octanol–water partition coefficient (Wildman–Crippen LogP) is 3.63. The molecule has 3 heterocycles. The van der Waals surface area contributed by atoms with Gasteiger partial charge in [0.15, 0.2) is 11.5 Å². The van der Waals surface area contributed by atoms with Gasteiger partial charge in [0, 0.05) is 31.2 Å². The average molecular weight is 489 g/mol. The average Bonchev–Trinajstić information content (AvgIpc) is 3.61. The van der Waals surface area contributed by atoms with Crippen LogP contribution in [0.25, 0.3) is 0 Å². The summed E-state index contributed by atoms with van der Waals surface area (Å²) in [7, 11) is 0. The fourth-order valence-corrected chi connectivity index (χ4v) is 6.30. The Balaban J connectivity index is 1.15. The van der Waals surface area contributed by atoms with Crippen molar-refractivity contribution in [3.05, 3.63) is 53.1 Å². The van der Waals surface area contributed by atoms with Crippen LogP contribution in [0, 0.1) is 5.92 Å². The summed E-state index contributed by atoms with van der Waals surface area (Å²) in [5.74, 6) is 1.68. The minimum atomic E-state index is -0.0315. The molecule has 0 N–H and O–H groups in total. The van der Waals surface area contributed by atoms with Gasteiger partial charge in [-0.1, -0.05) is 12.1 Å². The number of rotatable bonds is 7. The Labute approximate surface area is 214 Å². The summed E-state index contributed by atoms with van der Waals surface area (Å²) < 4.78 is 11.5. The molecule has 3 aliphatic heterocycles. The summed E-state index contributed by atoms with van der Waals surface area (Å²) in [5.41, 5.74) is 5.44. The molecule has 192 valence electrons. The zero-order valence-corrected chi connectivity index (χ0v) is 21.3. The minimum absolute atomic E-state index is 0.0117. The van der Waals surface area contributed by atoms with Crippen LogP contribution < -0.4 is 19.5 Å². The summed E-state index contributed by atoms with van der Waals surface area (Å²) in [6.07, 6.45) is 9.10. The molecule has 0 aromatic heterocycles. The highest BCUT2D eigenvalue weighted by Crippen LogP contribution is 2.32. The van der Waals surface area contributed by atoms with Crippen molar-refractivity contribution in [2.75, 3.05) is 50.8 Å². The SMILES string of the molecule is [O-]C(=NC(Cc1ccc2c(c1)OCCO2)CN1CCCC1)[C@@H]1CCN(c2ccc3c(c2)CCCC3)C1. The minimum Gasteiger partial charge on any atom is -0.862 e. The summed E-state index contributed by atoms with van der Waals surface area (Å²) in [4.78, 5) is 9.71. The van der Waals surface area contributed by atoms with E-state index in [1.165, 1.54) is 55.3 Å². The van der Waals surface area contributed by atoms with Crippen LogP contribution in [0.15, 0.2) is 41.4 Å². The highest BCUT2D eigenvalue weighted by Gasteiger charge is 2.25. The van der Waals surface area contributed by atoms with E-state index in [0.717, 1.165) is 62.6 Å². The molecular weight excluding hydrogens is 450 g/mol. The highest BCUT2D eigenvalue weighted by molar-refractivity contribution is 5.76. The summed E-state index contributed by atoms with van der Waals surface area (Å²) in [5, 5.41) is 13.4. The van der Waals surface area contributed by atoms with Gasteiger partial charge in [-0.2, -0.15) is 0 Å². The molecule has 2 atom stereocenters. The first kappa shape index (κ1) is 23.7. The van der Waals surface area contributed by atoms with Gasteiger partial charge in [0.25, 0.3) is 0 Å². The molecular formula is C30H38N3O3-. The number of ether oxygens (including phenoxy) is 2. The van der Waals surface area contributed by atoms with E-state index in [9.17, 15) is 5.11 Å². The molecule has 0 saturated carbocycles. The van der Waals surface area contributed by atoms with Crippen molar-refractivity contribution in [1.29, 1.82) is 0 Å². The molecule has 4 aliphatic rings. The number of aryl methyl sites for hydroxylation is 2. The third kappa shape index (κ3) is 5.34. The van der Waals surface area contributed by atoms with Gasteiger partial charge in [-0.3, -0.25) is 0 Å². The number of hydrogen-bond acceptors (Lipinski definition) is 6. The lowest BCUT2D eigenvalue weighted by Crippen LogP contribution is -2.36. The third-order valence-electron chi connectivity index (χ3n) is 8.29. The van der Waals surface area contributed by atoms with E-state index >= 15 is 0 Å². The van der Waals surface area contributed by atoms with Gasteiger partial charge < -0.3 is 29.4 Å². The van der Waals surface area contributed by atoms with E-state index in [2.05, 4.69) is 40.1 Å². The molecule has 0 amide bonds. The van der Waals surface area contributed by atoms with E-state index in [-0.39, 0.29) is 17.9 Å². The third-order valence-corrected chi connectivity index (χ3v) is 8.29. The lowest BCUT2D eigenvalue weighted by molar-refractivity contribution is -0.223. The zero-order chi connectivity index (χ0) is 24.3. The standard InChI is InChI=1S/C30H39N3O3/c34-30(25-11-14-33(20-25)27-9-8-23-5-1-2-6-24(23)19-27)31-26(21-32-12-3-4-13-32)17-22-7-10-28-29(18-22)36-16-15-35-28/h7-10,18-19,25-26H,1-6,11-17,20-21H2,(H,31,34)/p-1/t25-,26?/m1/s1. The molecule has 1 unspecified atom stereocenters. The normalized spacial score (nSPS) is 23.1. The van der Waals surface area contributed by atoms with Crippen LogP contribution in [-0.2, 0) is 19.3 Å². The van der Waals surface area contributed by atoms with Crippen molar-refractivity contribution in [2.45, 2.75) is 57.4 Å². The molecule has 2 saturated heterocycles. The van der Waals surface area contributed by atoms with E-state index in [0.29, 0.717) is 13.2 Å². The maximum Gasteiger partial charge on any atom is 0.161 e. The van der Waals surface area contributed by atoms with Crippen LogP contribution >= 0.6 is 0 Å². The number of nitrogens with zero attached hydrogens (tertiary/aromatic N) is 3. The van der Waals surface area contributed by atoms with Gasteiger partial charge in [-0.15, -0.1) is 0 Å². The predicted molar refractivity (Wildman–Crippen MR) is 141 cm³/mol. The van der Waals surface area contributed by atoms with Crippen molar-refractivity contribution >= 4 is 11.6 Å². The van der Waals surface area contributed by atoms with Crippen LogP contribution in [0.1, 0.15) is 48.8 Å². The fraction of sp³-hybridized carbons (Fsp3) is 0.567. The van der Waals surface area contributed by atoms with Gasteiger partial charge in [0.05, 0.1) is 6.04 Å². The summed E-state index contributed by atoms with van der Waals surface area (Å²) in [6.45, 7) is 5.96. The highest BCUT2D eigenvalue weighted by atomic mass is 16.6. The number of fused-ring (bicyclic) bond motifs is 2. The van der Waals surface area contributed by atoms with Gasteiger partial charge in [0.1, 0.15) is 13.2 Å². The van der Waals surface area contributed by atoms with Gasteiger partial charge in [-0.05, 0) is 111 Å². The van der Waals surface area contributed by atoms with Gasteiger partial charge in [0.2, 0.25) is 0 Å². The Morgan fingerprint density at radius 2 is 1.72 bits per heavy atom. The number of aliphatic imine (C=N–C) groups is 1. The van der Waals surface area contributed by atoms with E-state index < -0.39 is 0 Å². The van der Waals surface area contributed by atoms with E-state index in [1.54, 1.807) is 0 Å². The molecule has 36 heavy (non-hydrogen) atoms. The Morgan fingerprint density at radius 3 is 2.58 bits per heavy atom. The zero-order valence-electron chi connectivity index (χ0n) is 21.3. The van der Waals surface area contributed by atoms with Gasteiger partial charge >= 0.3 is 0 Å². The maximum absolute atomic E-state index is 13.4. The van der Waals surface area contributed by atoms with Crippen LogP contribution in [-0.4, -0.2) is 62.8 Å². The second kappa shape index (κ2) is 10.7. The largest absolute Gasteiger partial charge is 0.862 e. The Bertz CT molecular complexity index is 1090. The van der Waals surface area contributed by atoms with E-state index in [4.69, 9.17) is 14.5 Å². The molecule has 6 rings (SSSR count). The number of hydrogen-bond donors (Lipinski definition) is 0. The van der Waals surface area contributed by atoms with Crippen LogP contribution in [0.5, 0.6) is 11.5 Å². The first-order valence-electron chi connectivity index (χ1n) is 13.9. The maximum atomic E-state index is 13.4. The monoisotopic (exact) mass is 488 g/mol. The first-order valence-corrected chi connectivity index (χ1v) is 13.9. The van der Waals surface area contributed by atoms with Crippen LogP contribution in [0.2, 0.25) is 0 Å². The second-order valence-electron chi connectivity index (χ2n) is 10.9. The molecule has 2 aromatic carbocycles. The molecule has 6 nitrogen and oxygen atoms in total. The number of anilines is 1. The number of benzene rings is 2. The van der Waals surface area contributed by atoms with Crippen molar-refractivity contribution in [3.63, 3.8) is 0 Å². The summed E-state index contributed by atoms with van der Waals surface area (Å²) in [6, 6.07) is 13.1. The molecule has 0 radical (unpaired) electrons. The Morgan fingerprint density at radius 1 is 0.917 bits per heavy atom. The lowest BCUT2D eigenvalue weighted by Gasteiger charge is -2.27. The Hall–Kier alpha value is -2.73. The van der Waals surface area contributed by atoms with Gasteiger partial charge in [-0.25, -0.2) is 0 Å². The van der Waals surface area contributed by atoms with E-state index in [1.807, 2.05) is 6.07 Å². The second-order valence-corrected chi connectivity index (χ2v) is 10.9. The Kier molecular flexibility index (Phi) is 7.04. The van der Waals surface area contributed by atoms with Crippen molar-refractivity contribution in [3.8, 4) is 11.5 Å². The van der Waals surface area contributed by atoms with Crippen LogP contribution in [0.4, 0.5) is 5.69 Å². The quantitative estimate of drug-likeness (QED) is 0.440. The van der Waals surface area contributed by atoms with Crippen LogP contribution in [0.3, 0.4) is 0 Å².